The van der Waals surface area contributed by atoms with Crippen molar-refractivity contribution in [3.05, 3.63) is 0 Å². The van der Waals surface area contributed by atoms with Gasteiger partial charge in [-0.05, 0) is 50.0 Å². The van der Waals surface area contributed by atoms with Gasteiger partial charge < -0.3 is 10.5 Å². The van der Waals surface area contributed by atoms with Gasteiger partial charge in [0.25, 0.3) is 0 Å². The third-order valence-corrected chi connectivity index (χ3v) is 5.28. The van der Waals surface area contributed by atoms with E-state index in [-0.39, 0.29) is 18.3 Å². The van der Waals surface area contributed by atoms with E-state index in [4.69, 9.17) is 10.5 Å². The summed E-state index contributed by atoms with van der Waals surface area (Å²) in [4.78, 5) is 0. The Morgan fingerprint density at radius 2 is 1.82 bits per heavy atom. The highest BCUT2D eigenvalue weighted by molar-refractivity contribution is 5.02. The summed E-state index contributed by atoms with van der Waals surface area (Å²) in [7, 11) is 0. The Labute approximate surface area is 101 Å². The maximum atomic E-state index is 13.3. The molecule has 3 fully saturated rings. The van der Waals surface area contributed by atoms with Gasteiger partial charge in [0.05, 0.1) is 12.2 Å². The average molecular weight is 245 g/mol. The Bertz CT molecular complexity index is 298. The van der Waals surface area contributed by atoms with Crippen LogP contribution >= 0.6 is 0 Å². The van der Waals surface area contributed by atoms with Gasteiger partial charge in [-0.2, -0.15) is 0 Å². The van der Waals surface area contributed by atoms with E-state index in [1.165, 1.54) is 0 Å². The van der Waals surface area contributed by atoms with Crippen LogP contribution in [0, 0.1) is 11.3 Å². The van der Waals surface area contributed by atoms with Crippen molar-refractivity contribution in [3.63, 3.8) is 0 Å². The molecular formula is C13H21F2NO. The van der Waals surface area contributed by atoms with E-state index in [0.717, 1.165) is 19.3 Å². The highest BCUT2D eigenvalue weighted by Crippen LogP contribution is 2.55. The number of hydrogen-bond donors (Lipinski definition) is 1. The van der Waals surface area contributed by atoms with E-state index in [0.29, 0.717) is 37.5 Å². The number of halogens is 2. The smallest absolute Gasteiger partial charge is 0.248 e. The minimum absolute atomic E-state index is 0.0120. The molecule has 3 rings (SSSR count). The zero-order chi connectivity index (χ0) is 12.1. The number of ether oxygens (including phenoxy) is 1. The molecule has 3 atom stereocenters. The van der Waals surface area contributed by atoms with Crippen LogP contribution in [0.4, 0.5) is 8.78 Å². The topological polar surface area (TPSA) is 35.2 Å². The van der Waals surface area contributed by atoms with E-state index in [2.05, 4.69) is 0 Å². The first-order valence-corrected chi connectivity index (χ1v) is 6.78. The van der Waals surface area contributed by atoms with Gasteiger partial charge in [-0.25, -0.2) is 8.78 Å². The van der Waals surface area contributed by atoms with Crippen molar-refractivity contribution in [1.29, 1.82) is 0 Å². The van der Waals surface area contributed by atoms with E-state index in [1.54, 1.807) is 0 Å². The van der Waals surface area contributed by atoms with Crippen molar-refractivity contribution in [2.24, 2.45) is 17.1 Å². The second-order valence-corrected chi connectivity index (χ2v) is 6.14. The van der Waals surface area contributed by atoms with E-state index >= 15 is 0 Å². The first-order chi connectivity index (χ1) is 8.05. The molecule has 3 aliphatic rings. The molecule has 2 N–H and O–H groups in total. The van der Waals surface area contributed by atoms with Crippen molar-refractivity contribution in [1.82, 2.24) is 0 Å². The maximum absolute atomic E-state index is 13.3. The quantitative estimate of drug-likeness (QED) is 0.811. The molecule has 0 aromatic rings. The van der Waals surface area contributed by atoms with Crippen molar-refractivity contribution >= 4 is 0 Å². The highest BCUT2D eigenvalue weighted by atomic mass is 19.3. The summed E-state index contributed by atoms with van der Waals surface area (Å²) in [5, 5.41) is 0. The van der Waals surface area contributed by atoms with Crippen LogP contribution in [0.3, 0.4) is 0 Å². The first-order valence-electron chi connectivity index (χ1n) is 6.78. The van der Waals surface area contributed by atoms with Gasteiger partial charge in [-0.3, -0.25) is 0 Å². The van der Waals surface area contributed by atoms with E-state index < -0.39 is 5.92 Å². The summed E-state index contributed by atoms with van der Waals surface area (Å²) in [6.45, 7) is 0.542. The third-order valence-electron chi connectivity index (χ3n) is 5.28. The van der Waals surface area contributed by atoms with Gasteiger partial charge in [0.2, 0.25) is 5.92 Å². The third kappa shape index (κ3) is 1.89. The monoisotopic (exact) mass is 245 g/mol. The number of rotatable bonds is 2. The van der Waals surface area contributed by atoms with Gasteiger partial charge in [-0.15, -0.1) is 0 Å². The van der Waals surface area contributed by atoms with Crippen molar-refractivity contribution in [2.45, 2.75) is 63.1 Å². The van der Waals surface area contributed by atoms with Crippen LogP contribution in [-0.2, 0) is 4.74 Å². The molecule has 0 aromatic carbocycles. The molecule has 2 bridgehead atoms. The summed E-state index contributed by atoms with van der Waals surface area (Å²) in [5.41, 5.74) is 5.87. The fourth-order valence-corrected chi connectivity index (χ4v) is 4.12. The number of hydrogen-bond acceptors (Lipinski definition) is 2. The molecule has 0 spiro atoms. The van der Waals surface area contributed by atoms with E-state index in [1.807, 2.05) is 0 Å². The summed E-state index contributed by atoms with van der Waals surface area (Å²) >= 11 is 0. The average Bonchev–Trinajstić information content (AvgIpc) is 2.92. The molecule has 2 aliphatic heterocycles. The lowest BCUT2D eigenvalue weighted by Crippen LogP contribution is -2.47. The van der Waals surface area contributed by atoms with Gasteiger partial charge in [0, 0.05) is 12.8 Å². The van der Waals surface area contributed by atoms with Gasteiger partial charge in [0.1, 0.15) is 0 Å². The second kappa shape index (κ2) is 3.89. The summed E-state index contributed by atoms with van der Waals surface area (Å²) in [5.74, 6) is -2.03. The van der Waals surface area contributed by atoms with Crippen molar-refractivity contribution in [2.75, 3.05) is 6.54 Å². The Balaban J connectivity index is 1.75. The molecule has 0 amide bonds. The summed E-state index contributed by atoms with van der Waals surface area (Å²) in [6, 6.07) is 0. The Kier molecular flexibility index (Phi) is 2.71. The summed E-state index contributed by atoms with van der Waals surface area (Å²) < 4.78 is 32.4. The van der Waals surface area contributed by atoms with Crippen molar-refractivity contribution in [3.8, 4) is 0 Å². The van der Waals surface area contributed by atoms with Crippen LogP contribution in [0.5, 0.6) is 0 Å². The molecule has 1 saturated carbocycles. The molecule has 2 nitrogen and oxygen atoms in total. The molecule has 1 aliphatic carbocycles. The van der Waals surface area contributed by atoms with Crippen LogP contribution < -0.4 is 5.73 Å². The first kappa shape index (κ1) is 11.8. The van der Waals surface area contributed by atoms with Crippen LogP contribution in [0.25, 0.3) is 0 Å². The lowest BCUT2D eigenvalue weighted by atomic mass is 9.61. The van der Waals surface area contributed by atoms with Crippen LogP contribution in [0.1, 0.15) is 44.9 Å². The standard InChI is InChI=1S/C13H21F2NO/c14-13(15)5-3-12(8-16,4-6-13)10-7-9-1-2-11(10)17-9/h9-11H,1-8,16H2. The zero-order valence-corrected chi connectivity index (χ0v) is 10.1. The predicted molar refractivity (Wildman–Crippen MR) is 60.9 cm³/mol. The van der Waals surface area contributed by atoms with Crippen LogP contribution in [0.2, 0.25) is 0 Å². The molecule has 2 saturated heterocycles. The largest absolute Gasteiger partial charge is 0.375 e. The van der Waals surface area contributed by atoms with Gasteiger partial charge >= 0.3 is 0 Å². The Morgan fingerprint density at radius 1 is 1.12 bits per heavy atom. The lowest BCUT2D eigenvalue weighted by Gasteiger charge is -2.45. The zero-order valence-electron chi connectivity index (χ0n) is 10.1. The SMILES string of the molecule is NCC1(C2CC3CCC2O3)CCC(F)(F)CC1. The molecule has 98 valence electrons. The fourth-order valence-electron chi connectivity index (χ4n) is 4.12. The Hall–Kier alpha value is -0.220. The van der Waals surface area contributed by atoms with Crippen LogP contribution in [-0.4, -0.2) is 24.7 Å². The minimum Gasteiger partial charge on any atom is -0.375 e. The minimum atomic E-state index is -2.46. The molecule has 0 aromatic heterocycles. The molecule has 0 radical (unpaired) electrons. The van der Waals surface area contributed by atoms with Crippen molar-refractivity contribution < 1.29 is 13.5 Å². The molecule has 3 unspecified atom stereocenters. The molecular weight excluding hydrogens is 224 g/mol. The maximum Gasteiger partial charge on any atom is 0.248 e. The van der Waals surface area contributed by atoms with Crippen LogP contribution in [0.15, 0.2) is 0 Å². The molecule has 4 heteroatoms. The van der Waals surface area contributed by atoms with Gasteiger partial charge in [0.15, 0.2) is 0 Å². The predicted octanol–water partition coefficient (Wildman–Crippen LogP) is 2.71. The molecule has 2 heterocycles. The number of fused-ring (bicyclic) bond motifs is 2. The lowest BCUT2D eigenvalue weighted by molar-refractivity contribution is -0.0857. The van der Waals surface area contributed by atoms with E-state index in [9.17, 15) is 8.78 Å². The molecule has 17 heavy (non-hydrogen) atoms. The fraction of sp³-hybridized carbons (Fsp3) is 1.00. The second-order valence-electron chi connectivity index (χ2n) is 6.14. The summed E-state index contributed by atoms with van der Waals surface area (Å²) in [6.07, 6.45) is 5.17. The van der Waals surface area contributed by atoms with Gasteiger partial charge in [-0.1, -0.05) is 0 Å². The normalized spacial score (nSPS) is 42.9. The highest BCUT2D eigenvalue weighted by Gasteiger charge is 2.54. The number of nitrogens with two attached hydrogens (primary N) is 1. The Morgan fingerprint density at radius 3 is 2.29 bits per heavy atom. The number of alkyl halides is 2.